The number of aliphatic hydroxyl groups is 1. The van der Waals surface area contributed by atoms with Gasteiger partial charge in [-0.25, -0.2) is 4.57 Å². The first-order valence-corrected chi connectivity index (χ1v) is 18.4. The van der Waals surface area contributed by atoms with Crippen molar-refractivity contribution in [3.8, 4) is 0 Å². The highest BCUT2D eigenvalue weighted by molar-refractivity contribution is 7.47. The zero-order valence-corrected chi connectivity index (χ0v) is 31.5. The molecule has 1 amide bonds. The summed E-state index contributed by atoms with van der Waals surface area (Å²) >= 11 is 0. The number of phosphoric ester groups is 1. The van der Waals surface area contributed by atoms with Gasteiger partial charge in [-0.05, 0) is 87.1 Å². The molecule has 3 N–H and O–H groups in total. The summed E-state index contributed by atoms with van der Waals surface area (Å²) < 4.78 is 22.8. The summed E-state index contributed by atoms with van der Waals surface area (Å²) in [5, 5.41) is 13.9. The first kappa shape index (κ1) is 43.2. The molecular formula is C35H71N2O6P. The predicted octanol–water partition coefficient (Wildman–Crippen LogP) is 8.52. The van der Waals surface area contributed by atoms with Crippen molar-refractivity contribution in [2.24, 2.45) is 21.7 Å². The topological polar surface area (TPSA) is 108 Å². The van der Waals surface area contributed by atoms with E-state index in [9.17, 15) is 19.4 Å². The maximum Gasteiger partial charge on any atom is 0.472 e. The van der Waals surface area contributed by atoms with Gasteiger partial charge in [-0.2, -0.15) is 0 Å². The Bertz CT molecular complexity index is 884. The molecular weight excluding hydrogens is 575 g/mol. The number of hydrogen-bond acceptors (Lipinski definition) is 6. The lowest BCUT2D eigenvalue weighted by Crippen LogP contribution is -2.45. The van der Waals surface area contributed by atoms with Crippen LogP contribution in [0, 0.1) is 21.7 Å². The summed E-state index contributed by atoms with van der Waals surface area (Å²) in [5.41, 5.74) is 0.795. The third kappa shape index (κ3) is 21.9. The third-order valence-electron chi connectivity index (χ3n) is 8.32. The maximum absolute atomic E-state index is 13.0. The van der Waals surface area contributed by atoms with E-state index in [-0.39, 0.29) is 40.8 Å². The molecule has 0 rings (SSSR count). The Morgan fingerprint density at radius 3 is 1.86 bits per heavy atom. The van der Waals surface area contributed by atoms with Crippen molar-refractivity contribution < 1.29 is 28.4 Å². The molecule has 9 heteroatoms. The monoisotopic (exact) mass is 647 g/mol. The van der Waals surface area contributed by atoms with Crippen molar-refractivity contribution in [3.05, 3.63) is 12.2 Å². The molecule has 0 radical (unpaired) electrons. The van der Waals surface area contributed by atoms with Crippen LogP contribution in [0.4, 0.5) is 0 Å². The molecule has 3 atom stereocenters. The number of carbonyl (C=O) groups is 1. The fourth-order valence-corrected chi connectivity index (χ4v) is 7.66. The van der Waals surface area contributed by atoms with Crippen LogP contribution in [0.3, 0.4) is 0 Å². The van der Waals surface area contributed by atoms with Gasteiger partial charge >= 0.3 is 7.82 Å². The number of nitrogens with zero attached hydrogens (tertiary/aromatic N) is 1. The minimum absolute atomic E-state index is 0.0238. The SMILES string of the molecule is CCCC(C)(C)CC(C)(C)CC/C=C/C(O)C(COP(=O)(O)OCCN(C)C)NC(=O)CCCC(C)(C)CC(C)(C)CCC. The van der Waals surface area contributed by atoms with Crippen LogP contribution in [0.25, 0.3) is 0 Å². The molecule has 0 heterocycles. The smallest absolute Gasteiger partial charge is 0.387 e. The van der Waals surface area contributed by atoms with Gasteiger partial charge in [-0.3, -0.25) is 13.8 Å². The Labute approximate surface area is 271 Å². The van der Waals surface area contributed by atoms with Gasteiger partial charge in [-0.1, -0.05) is 94.2 Å². The molecule has 0 aromatic heterocycles. The largest absolute Gasteiger partial charge is 0.472 e. The number of rotatable bonds is 25. The van der Waals surface area contributed by atoms with E-state index in [1.165, 1.54) is 19.3 Å². The van der Waals surface area contributed by atoms with E-state index in [1.54, 1.807) is 6.08 Å². The summed E-state index contributed by atoms with van der Waals surface area (Å²) in [6, 6.07) is -0.885. The van der Waals surface area contributed by atoms with Gasteiger partial charge in [0.15, 0.2) is 0 Å². The number of phosphoric acid groups is 1. The van der Waals surface area contributed by atoms with Gasteiger partial charge in [0.25, 0.3) is 0 Å². The average Bonchev–Trinajstić information content (AvgIpc) is 2.82. The number of amides is 1. The number of hydrogen-bond donors (Lipinski definition) is 3. The van der Waals surface area contributed by atoms with Crippen LogP contribution in [0.2, 0.25) is 0 Å². The molecule has 0 spiro atoms. The molecule has 0 saturated heterocycles. The lowest BCUT2D eigenvalue weighted by molar-refractivity contribution is -0.123. The Hall–Kier alpha value is -0.760. The third-order valence-corrected chi connectivity index (χ3v) is 9.30. The van der Waals surface area contributed by atoms with Gasteiger partial charge in [0.05, 0.1) is 25.4 Å². The molecule has 3 unspecified atom stereocenters. The zero-order valence-electron chi connectivity index (χ0n) is 30.6. The van der Waals surface area contributed by atoms with E-state index in [2.05, 4.69) is 74.6 Å². The quantitative estimate of drug-likeness (QED) is 0.0674. The molecule has 262 valence electrons. The zero-order chi connectivity index (χ0) is 34.2. The summed E-state index contributed by atoms with van der Waals surface area (Å²) in [4.78, 5) is 25.0. The molecule has 0 aliphatic carbocycles. The van der Waals surface area contributed by atoms with Gasteiger partial charge in [0.1, 0.15) is 0 Å². The molecule has 44 heavy (non-hydrogen) atoms. The fraction of sp³-hybridized carbons (Fsp3) is 0.914. The predicted molar refractivity (Wildman–Crippen MR) is 185 cm³/mol. The van der Waals surface area contributed by atoms with Crippen molar-refractivity contribution in [2.75, 3.05) is 33.9 Å². The van der Waals surface area contributed by atoms with Crippen LogP contribution in [-0.2, 0) is 18.4 Å². The minimum Gasteiger partial charge on any atom is -0.387 e. The Balaban J connectivity index is 5.31. The lowest BCUT2D eigenvalue weighted by Gasteiger charge is -2.35. The Morgan fingerprint density at radius 1 is 0.864 bits per heavy atom. The van der Waals surface area contributed by atoms with E-state index in [0.717, 1.165) is 44.9 Å². The molecule has 0 aromatic rings. The lowest BCUT2D eigenvalue weighted by atomic mass is 9.71. The van der Waals surface area contributed by atoms with Gasteiger partial charge in [-0.15, -0.1) is 0 Å². The summed E-state index contributed by atoms with van der Waals surface area (Å²) in [6.45, 7) is 22.9. The Morgan fingerprint density at radius 2 is 1.36 bits per heavy atom. The summed E-state index contributed by atoms with van der Waals surface area (Å²) in [6.07, 6.45) is 13.1. The Kier molecular flexibility index (Phi) is 19.5. The number of carbonyl (C=O) groups excluding carboxylic acids is 1. The second-order valence-electron chi connectivity index (χ2n) is 16.4. The molecule has 0 aromatic carbocycles. The highest BCUT2D eigenvalue weighted by atomic mass is 31.2. The summed E-state index contributed by atoms with van der Waals surface area (Å²) in [5.74, 6) is -0.213. The number of allylic oxidation sites excluding steroid dienone is 1. The van der Waals surface area contributed by atoms with Crippen molar-refractivity contribution in [1.82, 2.24) is 10.2 Å². The maximum atomic E-state index is 13.0. The molecule has 0 aliphatic heterocycles. The van der Waals surface area contributed by atoms with Crippen LogP contribution in [0.15, 0.2) is 12.2 Å². The second-order valence-corrected chi connectivity index (χ2v) is 17.8. The van der Waals surface area contributed by atoms with Gasteiger partial charge in [0, 0.05) is 13.0 Å². The molecule has 0 aliphatic rings. The number of likely N-dealkylation sites (N-methyl/N-ethyl adjacent to an activating group) is 1. The molecule has 0 saturated carbocycles. The van der Waals surface area contributed by atoms with E-state index >= 15 is 0 Å². The van der Waals surface area contributed by atoms with E-state index < -0.39 is 20.0 Å². The average molecular weight is 647 g/mol. The van der Waals surface area contributed by atoms with Crippen LogP contribution in [0.1, 0.15) is 140 Å². The van der Waals surface area contributed by atoms with E-state index in [0.29, 0.717) is 13.0 Å². The van der Waals surface area contributed by atoms with Crippen molar-refractivity contribution in [1.29, 1.82) is 0 Å². The van der Waals surface area contributed by atoms with Crippen LogP contribution < -0.4 is 5.32 Å². The van der Waals surface area contributed by atoms with Crippen LogP contribution in [-0.4, -0.2) is 66.8 Å². The second kappa shape index (κ2) is 19.8. The van der Waals surface area contributed by atoms with Crippen molar-refractivity contribution in [2.45, 2.75) is 152 Å². The van der Waals surface area contributed by atoms with E-state index in [4.69, 9.17) is 9.05 Å². The standard InChI is InChI=1S/C35H71N2O6P/c1-13-20-32(3,4)27-34(7,8)22-16-15-18-30(38)29(26-43-44(40,41)42-25-24-37(11)12)36-31(39)19-17-23-35(9,10)28-33(5,6)21-14-2/h15,18,29-30,38H,13-14,16-17,19-28H2,1-12H3,(H,36,39)(H,40,41)/b18-15+. The minimum atomic E-state index is -4.35. The van der Waals surface area contributed by atoms with Crippen LogP contribution in [0.5, 0.6) is 0 Å². The fourth-order valence-electron chi connectivity index (χ4n) is 6.92. The molecule has 8 nitrogen and oxygen atoms in total. The van der Waals surface area contributed by atoms with E-state index in [1.807, 2.05) is 25.1 Å². The normalized spacial score (nSPS) is 16.3. The van der Waals surface area contributed by atoms with Crippen LogP contribution >= 0.6 is 7.82 Å². The van der Waals surface area contributed by atoms with Crippen molar-refractivity contribution >= 4 is 13.7 Å². The summed E-state index contributed by atoms with van der Waals surface area (Å²) in [7, 11) is -0.679. The first-order chi connectivity index (χ1) is 20.0. The number of aliphatic hydroxyl groups excluding tert-OH is 1. The van der Waals surface area contributed by atoms with Gasteiger partial charge < -0.3 is 20.2 Å². The molecule has 0 bridgehead atoms. The molecule has 0 fully saturated rings. The number of nitrogens with one attached hydrogen (secondary N) is 1. The first-order valence-electron chi connectivity index (χ1n) is 16.9. The highest BCUT2D eigenvalue weighted by Gasteiger charge is 2.30. The van der Waals surface area contributed by atoms with Gasteiger partial charge in [0.2, 0.25) is 5.91 Å². The van der Waals surface area contributed by atoms with Crippen molar-refractivity contribution in [3.63, 3.8) is 0 Å². The highest BCUT2D eigenvalue weighted by Crippen LogP contribution is 2.43.